The largest absolute Gasteiger partial charge is 1.00 e. The van der Waals surface area contributed by atoms with Crippen LogP contribution in [0.3, 0.4) is 0 Å². The first-order chi connectivity index (χ1) is 17.9. The maximum absolute atomic E-state index is 13.0. The number of rotatable bonds is 11. The zero-order chi connectivity index (χ0) is 28.1. The van der Waals surface area contributed by atoms with E-state index in [0.29, 0.717) is 24.1 Å². The molecule has 3 rings (SSSR count). The maximum Gasteiger partial charge on any atom is 1.00 e. The minimum Gasteiger partial charge on any atom is -1.00 e. The van der Waals surface area contributed by atoms with Crippen LogP contribution in [-0.4, -0.2) is 54.7 Å². The molecule has 0 unspecified atom stereocenters. The minimum absolute atomic E-state index is 0. The van der Waals surface area contributed by atoms with Gasteiger partial charge in [0.2, 0.25) is 0 Å². The summed E-state index contributed by atoms with van der Waals surface area (Å²) in [5, 5.41) is 4.54. The van der Waals surface area contributed by atoms with Crippen molar-refractivity contribution in [1.29, 1.82) is 0 Å². The summed E-state index contributed by atoms with van der Waals surface area (Å²) in [5.74, 6) is -0.364. The summed E-state index contributed by atoms with van der Waals surface area (Å²) in [6.45, 7) is 7.77. The Kier molecular flexibility index (Phi) is 12.0. The Morgan fingerprint density at radius 1 is 1.08 bits per heavy atom. The third kappa shape index (κ3) is 8.25. The second-order valence-corrected chi connectivity index (χ2v) is 12.4. The molecule has 3 aromatic rings. The topological polar surface area (TPSA) is 90.7 Å². The summed E-state index contributed by atoms with van der Waals surface area (Å²) in [5.41, 5.74) is 4.78. The molecule has 0 aliphatic rings. The number of benzene rings is 2. The van der Waals surface area contributed by atoms with E-state index in [4.69, 9.17) is 9.47 Å². The molecule has 0 saturated carbocycles. The number of aromatic nitrogens is 2. The van der Waals surface area contributed by atoms with E-state index in [0.717, 1.165) is 49.2 Å². The number of esters is 1. The minimum atomic E-state index is -3.80. The fraction of sp³-hybridized carbons (Fsp3) is 0.448. The average Bonchev–Trinajstić information content (AvgIpc) is 3.19. The molecular weight excluding hydrogens is 525 g/mol. The Morgan fingerprint density at radius 2 is 1.72 bits per heavy atom. The molecule has 0 radical (unpaired) electrons. The predicted molar refractivity (Wildman–Crippen MR) is 151 cm³/mol. The van der Waals surface area contributed by atoms with Gasteiger partial charge >= 0.3 is 45.7 Å². The zero-order valence-electron chi connectivity index (χ0n) is 25.4. The molecular formula is C29H40N3NaO5S. The van der Waals surface area contributed by atoms with E-state index in [9.17, 15) is 13.2 Å². The fourth-order valence-corrected chi connectivity index (χ4v) is 5.09. The number of carbonyl (C=O) groups is 1. The summed E-state index contributed by atoms with van der Waals surface area (Å²) < 4.78 is 39.3. The van der Waals surface area contributed by atoms with E-state index < -0.39 is 15.8 Å². The molecule has 0 spiro atoms. The van der Waals surface area contributed by atoms with Crippen molar-refractivity contribution in [2.24, 2.45) is 0 Å². The van der Waals surface area contributed by atoms with Gasteiger partial charge in [0.05, 0.1) is 23.6 Å². The summed E-state index contributed by atoms with van der Waals surface area (Å²) >= 11 is 0. The molecule has 1 heterocycles. The molecule has 2 aromatic carbocycles. The Hall–Kier alpha value is -2.01. The molecule has 8 nitrogen and oxygen atoms in total. The van der Waals surface area contributed by atoms with Crippen LogP contribution >= 0.6 is 0 Å². The molecule has 0 atom stereocenters. The molecule has 0 bridgehead atoms. The number of hydrogen-bond donors (Lipinski definition) is 0. The molecule has 208 valence electrons. The van der Waals surface area contributed by atoms with Gasteiger partial charge in [0.1, 0.15) is 5.60 Å². The van der Waals surface area contributed by atoms with Crippen LogP contribution in [0.5, 0.6) is 0 Å². The standard InChI is InChI=1S/C29H39N3O5S.Na.H/c1-8-9-14-26-25(27(20-36-7)32(30-26)38(34,35)31(5)6)19-21-15-17-22(18-16-21)23-12-10-11-13-24(23)28(33)37-29(2,3)4;;/h10-13,15-18H,8-9,14,19-20H2,1-7H3;;/q;+1;-1. The number of methoxy groups -OCH3 is 1. The Morgan fingerprint density at radius 3 is 2.28 bits per heavy atom. The SMILES string of the molecule is CCCCc1nn(S(=O)(=O)N(C)C)c(COC)c1Cc1ccc(-c2ccccc2C(=O)OC(C)(C)C)cc1.[H-].[Na+]. The van der Waals surface area contributed by atoms with E-state index in [-0.39, 0.29) is 43.6 Å². The first-order valence-corrected chi connectivity index (χ1v) is 14.2. The van der Waals surface area contributed by atoms with Crippen LogP contribution in [0.4, 0.5) is 0 Å². The molecule has 39 heavy (non-hydrogen) atoms. The van der Waals surface area contributed by atoms with E-state index in [1.165, 1.54) is 14.1 Å². The van der Waals surface area contributed by atoms with Gasteiger partial charge in [0.15, 0.2) is 0 Å². The average molecular weight is 566 g/mol. The van der Waals surface area contributed by atoms with Gasteiger partial charge in [-0.15, -0.1) is 4.09 Å². The number of hydrogen-bond acceptors (Lipinski definition) is 6. The first-order valence-electron chi connectivity index (χ1n) is 12.8. The van der Waals surface area contributed by atoms with Crippen molar-refractivity contribution in [1.82, 2.24) is 13.5 Å². The van der Waals surface area contributed by atoms with Crippen LogP contribution in [0.15, 0.2) is 48.5 Å². The summed E-state index contributed by atoms with van der Waals surface area (Å²) in [6, 6.07) is 15.3. The van der Waals surface area contributed by atoms with Crippen molar-refractivity contribution in [3.8, 4) is 11.1 Å². The van der Waals surface area contributed by atoms with Crippen LogP contribution in [0.1, 0.15) is 74.8 Å². The van der Waals surface area contributed by atoms with E-state index in [1.54, 1.807) is 13.2 Å². The van der Waals surface area contributed by atoms with Crippen molar-refractivity contribution < 1.29 is 53.7 Å². The van der Waals surface area contributed by atoms with Crippen molar-refractivity contribution in [3.05, 3.63) is 76.6 Å². The maximum atomic E-state index is 13.0. The Bertz CT molecular complexity index is 1370. The quantitative estimate of drug-likeness (QED) is 0.262. The van der Waals surface area contributed by atoms with Gasteiger partial charge in [-0.05, 0) is 56.4 Å². The molecule has 0 saturated heterocycles. The number of ether oxygens (including phenoxy) is 2. The van der Waals surface area contributed by atoms with Crippen molar-refractivity contribution in [2.75, 3.05) is 21.2 Å². The second kappa shape index (κ2) is 14.1. The summed E-state index contributed by atoms with van der Waals surface area (Å²) in [4.78, 5) is 12.8. The Balaban J connectivity index is 0.00000400. The normalized spacial score (nSPS) is 11.9. The van der Waals surface area contributed by atoms with Gasteiger partial charge in [0.25, 0.3) is 0 Å². The second-order valence-electron chi connectivity index (χ2n) is 10.5. The van der Waals surface area contributed by atoms with Gasteiger partial charge in [-0.3, -0.25) is 0 Å². The summed E-state index contributed by atoms with van der Waals surface area (Å²) in [7, 11) is 0.731. The van der Waals surface area contributed by atoms with Gasteiger partial charge in [-0.25, -0.2) is 4.79 Å². The first kappa shape index (κ1) is 33.2. The predicted octanol–water partition coefficient (Wildman–Crippen LogP) is 2.36. The van der Waals surface area contributed by atoms with Gasteiger partial charge in [-0.1, -0.05) is 55.8 Å². The van der Waals surface area contributed by atoms with Crippen LogP contribution in [0, 0.1) is 0 Å². The van der Waals surface area contributed by atoms with Crippen LogP contribution < -0.4 is 29.6 Å². The van der Waals surface area contributed by atoms with E-state index >= 15 is 0 Å². The number of aryl methyl sites for hydroxylation is 1. The molecule has 1 aromatic heterocycles. The number of unbranched alkanes of at least 4 members (excludes halogenated alkanes) is 1. The zero-order valence-corrected chi connectivity index (χ0v) is 27.3. The van der Waals surface area contributed by atoms with Gasteiger partial charge in [-0.2, -0.15) is 17.8 Å². The van der Waals surface area contributed by atoms with Gasteiger partial charge in [0, 0.05) is 33.2 Å². The van der Waals surface area contributed by atoms with Crippen molar-refractivity contribution >= 4 is 16.2 Å². The van der Waals surface area contributed by atoms with Crippen molar-refractivity contribution in [3.63, 3.8) is 0 Å². The molecule has 0 N–H and O–H groups in total. The number of carbonyl (C=O) groups excluding carboxylic acids is 1. The third-order valence-electron chi connectivity index (χ3n) is 6.06. The van der Waals surface area contributed by atoms with Crippen molar-refractivity contribution in [2.45, 2.75) is 65.6 Å². The van der Waals surface area contributed by atoms with Gasteiger partial charge < -0.3 is 10.9 Å². The van der Waals surface area contributed by atoms with E-state index in [1.807, 2.05) is 63.2 Å². The monoisotopic (exact) mass is 565 g/mol. The number of nitrogens with zero attached hydrogens (tertiary/aromatic N) is 3. The Labute approximate surface area is 256 Å². The molecule has 10 heteroatoms. The molecule has 0 aliphatic carbocycles. The fourth-order valence-electron chi connectivity index (χ4n) is 4.14. The van der Waals surface area contributed by atoms with Crippen LogP contribution in [0.25, 0.3) is 11.1 Å². The van der Waals surface area contributed by atoms with E-state index in [2.05, 4.69) is 12.0 Å². The molecule has 0 aliphatic heterocycles. The molecule has 0 fully saturated rings. The third-order valence-corrected chi connectivity index (χ3v) is 7.72. The molecule has 0 amide bonds. The van der Waals surface area contributed by atoms with Crippen LogP contribution in [-0.2, 0) is 39.1 Å². The smallest absolute Gasteiger partial charge is 1.00 e. The van der Waals surface area contributed by atoms with Crippen LogP contribution in [0.2, 0.25) is 0 Å². The summed E-state index contributed by atoms with van der Waals surface area (Å²) in [6.07, 6.45) is 3.06.